The van der Waals surface area contributed by atoms with Crippen LogP contribution in [0.25, 0.3) is 16.8 Å². The first-order chi connectivity index (χ1) is 12.6. The number of rotatable bonds is 6. The van der Waals surface area contributed by atoms with Crippen LogP contribution in [0.1, 0.15) is 55.4 Å². The summed E-state index contributed by atoms with van der Waals surface area (Å²) in [7, 11) is 0. The Morgan fingerprint density at radius 2 is 1.96 bits per heavy atom. The number of carbonyl (C=O) groups is 1. The van der Waals surface area contributed by atoms with Crippen molar-refractivity contribution in [2.24, 2.45) is 0 Å². The highest BCUT2D eigenvalue weighted by Gasteiger charge is 2.21. The number of aromatic nitrogens is 3. The molecule has 3 aromatic rings. The topological polar surface area (TPSA) is 59.3 Å². The molecule has 0 aliphatic carbocycles. The molecular weight excluding hydrogens is 324 g/mol. The minimum atomic E-state index is -0.0772. The molecule has 2 aromatic heterocycles. The maximum absolute atomic E-state index is 12.7. The van der Waals surface area contributed by atoms with E-state index in [1.807, 2.05) is 36.6 Å². The third-order valence-corrected chi connectivity index (χ3v) is 4.70. The minimum absolute atomic E-state index is 0.0772. The number of hydrogen-bond acceptors (Lipinski definition) is 3. The Morgan fingerprint density at radius 1 is 1.23 bits per heavy atom. The van der Waals surface area contributed by atoms with Gasteiger partial charge in [-0.1, -0.05) is 50.6 Å². The molecular formula is C21H26N4O. The Balaban J connectivity index is 2.16. The molecule has 136 valence electrons. The first-order valence-electron chi connectivity index (χ1n) is 9.30. The summed E-state index contributed by atoms with van der Waals surface area (Å²) in [4.78, 5) is 17.3. The zero-order valence-electron chi connectivity index (χ0n) is 15.9. The van der Waals surface area contributed by atoms with E-state index in [9.17, 15) is 4.79 Å². The molecule has 0 fully saturated rings. The van der Waals surface area contributed by atoms with Gasteiger partial charge in [-0.25, -0.2) is 9.50 Å². The van der Waals surface area contributed by atoms with Crippen LogP contribution in [-0.2, 0) is 6.42 Å². The number of carbonyl (C=O) groups excluding carboxylic acids is 1. The highest BCUT2D eigenvalue weighted by atomic mass is 16.1. The lowest BCUT2D eigenvalue weighted by molar-refractivity contribution is 0.0937. The average molecular weight is 350 g/mol. The van der Waals surface area contributed by atoms with Crippen LogP contribution >= 0.6 is 0 Å². The van der Waals surface area contributed by atoms with Crippen molar-refractivity contribution in [3.8, 4) is 11.1 Å². The first kappa shape index (κ1) is 18.1. The van der Waals surface area contributed by atoms with E-state index >= 15 is 0 Å². The summed E-state index contributed by atoms with van der Waals surface area (Å²) in [5.41, 5.74) is 5.37. The predicted molar refractivity (Wildman–Crippen MR) is 104 cm³/mol. The van der Waals surface area contributed by atoms with Crippen molar-refractivity contribution in [1.29, 1.82) is 0 Å². The highest BCUT2D eigenvalue weighted by molar-refractivity contribution is 5.96. The van der Waals surface area contributed by atoms with Gasteiger partial charge in [-0.15, -0.1) is 0 Å². The fourth-order valence-electron chi connectivity index (χ4n) is 3.15. The highest BCUT2D eigenvalue weighted by Crippen LogP contribution is 2.28. The van der Waals surface area contributed by atoms with Gasteiger partial charge in [0.15, 0.2) is 5.65 Å². The lowest BCUT2D eigenvalue weighted by Gasteiger charge is -2.14. The molecule has 1 atom stereocenters. The quantitative estimate of drug-likeness (QED) is 0.725. The average Bonchev–Trinajstić information content (AvgIpc) is 2.99. The van der Waals surface area contributed by atoms with Gasteiger partial charge in [-0.3, -0.25) is 4.79 Å². The van der Waals surface area contributed by atoms with E-state index in [-0.39, 0.29) is 11.9 Å². The van der Waals surface area contributed by atoms with Gasteiger partial charge in [0.05, 0.1) is 17.0 Å². The summed E-state index contributed by atoms with van der Waals surface area (Å²) >= 11 is 0. The zero-order chi connectivity index (χ0) is 18.7. The number of amides is 1. The second kappa shape index (κ2) is 7.68. The molecule has 5 nitrogen and oxygen atoms in total. The molecule has 1 N–H and O–H groups in total. The molecule has 1 unspecified atom stereocenters. The maximum atomic E-state index is 12.7. The van der Waals surface area contributed by atoms with E-state index in [1.54, 1.807) is 6.20 Å². The molecule has 0 saturated carbocycles. The van der Waals surface area contributed by atoms with Crippen molar-refractivity contribution in [2.75, 3.05) is 0 Å². The molecule has 3 rings (SSSR count). The van der Waals surface area contributed by atoms with Gasteiger partial charge in [0.2, 0.25) is 0 Å². The summed E-state index contributed by atoms with van der Waals surface area (Å²) in [6.07, 6.45) is 4.30. The number of nitrogens with one attached hydrogen (secondary N) is 1. The van der Waals surface area contributed by atoms with Gasteiger partial charge in [-0.05, 0) is 32.3 Å². The Bertz CT molecular complexity index is 915. The molecule has 0 aliphatic heterocycles. The van der Waals surface area contributed by atoms with Crippen LogP contribution in [0.3, 0.4) is 0 Å². The third kappa shape index (κ3) is 3.34. The standard InChI is InChI=1S/C21H26N4O/c1-5-10-18-17(21(26)23-14(3)6-2)13-22-20-19(15(4)24-25(18)20)16-11-8-7-9-12-16/h7-9,11-14H,5-6,10H2,1-4H3,(H,23,26). The fraction of sp³-hybridized carbons (Fsp3) is 0.381. The van der Waals surface area contributed by atoms with E-state index in [1.165, 1.54) is 0 Å². The van der Waals surface area contributed by atoms with Gasteiger partial charge in [0.1, 0.15) is 0 Å². The fourth-order valence-corrected chi connectivity index (χ4v) is 3.15. The van der Waals surface area contributed by atoms with E-state index in [0.717, 1.165) is 47.4 Å². The van der Waals surface area contributed by atoms with Crippen molar-refractivity contribution < 1.29 is 4.79 Å². The van der Waals surface area contributed by atoms with Crippen LogP contribution in [-0.4, -0.2) is 26.5 Å². The number of fused-ring (bicyclic) bond motifs is 1. The van der Waals surface area contributed by atoms with Crippen molar-refractivity contribution in [1.82, 2.24) is 19.9 Å². The van der Waals surface area contributed by atoms with E-state index in [4.69, 9.17) is 5.10 Å². The minimum Gasteiger partial charge on any atom is -0.349 e. The summed E-state index contributed by atoms with van der Waals surface area (Å²) in [6, 6.07) is 10.3. The molecule has 0 spiro atoms. The van der Waals surface area contributed by atoms with Crippen molar-refractivity contribution in [2.45, 2.75) is 53.0 Å². The zero-order valence-corrected chi connectivity index (χ0v) is 15.9. The second-order valence-corrected chi connectivity index (χ2v) is 6.71. The van der Waals surface area contributed by atoms with Crippen molar-refractivity contribution in [3.05, 3.63) is 53.5 Å². The van der Waals surface area contributed by atoms with Crippen molar-refractivity contribution in [3.63, 3.8) is 0 Å². The lowest BCUT2D eigenvalue weighted by atomic mass is 10.1. The van der Waals surface area contributed by atoms with Crippen LogP contribution in [0.4, 0.5) is 0 Å². The molecule has 0 radical (unpaired) electrons. The van der Waals surface area contributed by atoms with Gasteiger partial charge >= 0.3 is 0 Å². The van der Waals surface area contributed by atoms with Crippen LogP contribution < -0.4 is 5.32 Å². The van der Waals surface area contributed by atoms with E-state index in [2.05, 4.69) is 36.3 Å². The molecule has 0 bridgehead atoms. The Hall–Kier alpha value is -2.69. The third-order valence-electron chi connectivity index (χ3n) is 4.70. The first-order valence-corrected chi connectivity index (χ1v) is 9.30. The maximum Gasteiger partial charge on any atom is 0.254 e. The Kier molecular flexibility index (Phi) is 5.35. The summed E-state index contributed by atoms with van der Waals surface area (Å²) in [5.74, 6) is -0.0772. The smallest absolute Gasteiger partial charge is 0.254 e. The molecule has 2 heterocycles. The molecule has 5 heteroatoms. The molecule has 1 aromatic carbocycles. The number of nitrogens with zero attached hydrogens (tertiary/aromatic N) is 3. The monoisotopic (exact) mass is 350 g/mol. The number of benzene rings is 1. The van der Waals surface area contributed by atoms with E-state index in [0.29, 0.717) is 5.56 Å². The van der Waals surface area contributed by atoms with Gasteiger partial charge in [0, 0.05) is 17.8 Å². The van der Waals surface area contributed by atoms with Crippen LogP contribution in [0.15, 0.2) is 36.5 Å². The van der Waals surface area contributed by atoms with Gasteiger partial charge in [0.25, 0.3) is 5.91 Å². The van der Waals surface area contributed by atoms with Crippen LogP contribution in [0.5, 0.6) is 0 Å². The van der Waals surface area contributed by atoms with Crippen LogP contribution in [0.2, 0.25) is 0 Å². The van der Waals surface area contributed by atoms with Crippen LogP contribution in [0, 0.1) is 6.92 Å². The number of aryl methyl sites for hydroxylation is 2. The van der Waals surface area contributed by atoms with Gasteiger partial charge in [-0.2, -0.15) is 5.10 Å². The van der Waals surface area contributed by atoms with Crippen molar-refractivity contribution >= 4 is 11.6 Å². The Labute approximate surface area is 154 Å². The summed E-state index contributed by atoms with van der Waals surface area (Å²) < 4.78 is 1.85. The predicted octanol–water partition coefficient (Wildman–Crippen LogP) is 4.19. The Morgan fingerprint density at radius 3 is 2.62 bits per heavy atom. The summed E-state index contributed by atoms with van der Waals surface area (Å²) in [5, 5.41) is 7.77. The van der Waals surface area contributed by atoms with E-state index < -0.39 is 0 Å². The largest absolute Gasteiger partial charge is 0.349 e. The lowest BCUT2D eigenvalue weighted by Crippen LogP contribution is -2.33. The molecule has 26 heavy (non-hydrogen) atoms. The molecule has 0 aliphatic rings. The SMILES string of the molecule is CCCc1c(C(=O)NC(C)CC)cnc2c(-c3ccccc3)c(C)nn12. The molecule has 0 saturated heterocycles. The molecule has 1 amide bonds. The summed E-state index contributed by atoms with van der Waals surface area (Å²) in [6.45, 7) is 8.17. The normalized spacial score (nSPS) is 12.3. The second-order valence-electron chi connectivity index (χ2n) is 6.71. The van der Waals surface area contributed by atoms with Gasteiger partial charge < -0.3 is 5.32 Å². The number of hydrogen-bond donors (Lipinski definition) is 1.